The van der Waals surface area contributed by atoms with Crippen molar-refractivity contribution < 1.29 is 5.11 Å². The molecule has 0 bridgehead atoms. The Morgan fingerprint density at radius 3 is 2.70 bits per heavy atom. The Morgan fingerprint density at radius 2 is 1.89 bits per heavy atom. The Balaban J connectivity index is 1.57. The minimum atomic E-state index is 0.106. The van der Waals surface area contributed by atoms with Crippen molar-refractivity contribution in [1.82, 2.24) is 19.6 Å². The summed E-state index contributed by atoms with van der Waals surface area (Å²) in [5.41, 5.74) is 3.01. The molecule has 0 fully saturated rings. The van der Waals surface area contributed by atoms with E-state index in [1.807, 2.05) is 43.3 Å². The van der Waals surface area contributed by atoms with Crippen LogP contribution in [0.4, 0.5) is 0 Å². The highest BCUT2D eigenvalue weighted by atomic mass is 35.5. The van der Waals surface area contributed by atoms with E-state index >= 15 is 0 Å². The van der Waals surface area contributed by atoms with Crippen molar-refractivity contribution in [2.24, 2.45) is 0 Å². The molecular formula is C20H17ClN4OS. The van der Waals surface area contributed by atoms with E-state index in [9.17, 15) is 5.11 Å². The predicted octanol–water partition coefficient (Wildman–Crippen LogP) is 4.67. The van der Waals surface area contributed by atoms with Gasteiger partial charge in [-0.05, 0) is 30.7 Å². The number of fused-ring (bicyclic) bond motifs is 1. The van der Waals surface area contributed by atoms with Crippen LogP contribution in [-0.4, -0.2) is 24.7 Å². The molecular weight excluding hydrogens is 380 g/mol. The number of hydrogen-bond donors (Lipinski definition) is 1. The van der Waals surface area contributed by atoms with Crippen LogP contribution in [0.15, 0.2) is 59.5 Å². The van der Waals surface area contributed by atoms with Gasteiger partial charge in [-0.2, -0.15) is 4.98 Å². The maximum absolute atomic E-state index is 10.0. The minimum absolute atomic E-state index is 0.106. The number of rotatable bonds is 5. The first-order valence-corrected chi connectivity index (χ1v) is 9.83. The number of aromatic hydroxyl groups is 1. The van der Waals surface area contributed by atoms with Gasteiger partial charge in [-0.3, -0.25) is 0 Å². The first-order chi connectivity index (χ1) is 13.1. The molecule has 136 valence electrons. The van der Waals surface area contributed by atoms with E-state index in [1.165, 1.54) is 17.3 Å². The van der Waals surface area contributed by atoms with Gasteiger partial charge in [0.25, 0.3) is 5.78 Å². The Kier molecular flexibility index (Phi) is 5.01. The molecule has 2 aromatic heterocycles. The van der Waals surface area contributed by atoms with Gasteiger partial charge in [-0.15, -0.1) is 16.9 Å². The first kappa shape index (κ1) is 17.8. The topological polar surface area (TPSA) is 63.3 Å². The van der Waals surface area contributed by atoms with Crippen LogP contribution >= 0.6 is 23.4 Å². The highest BCUT2D eigenvalue weighted by Gasteiger charge is 2.11. The fourth-order valence-electron chi connectivity index (χ4n) is 2.81. The van der Waals surface area contributed by atoms with Gasteiger partial charge in [0.15, 0.2) is 5.82 Å². The van der Waals surface area contributed by atoms with E-state index in [-0.39, 0.29) is 5.75 Å². The molecule has 0 saturated carbocycles. The third kappa shape index (κ3) is 3.91. The highest BCUT2D eigenvalue weighted by molar-refractivity contribution is 7.98. The second-order valence-corrected chi connectivity index (χ2v) is 7.59. The van der Waals surface area contributed by atoms with Crippen LogP contribution in [-0.2, 0) is 12.2 Å². The van der Waals surface area contributed by atoms with Gasteiger partial charge < -0.3 is 5.11 Å². The lowest BCUT2D eigenvalue weighted by Crippen LogP contribution is -2.00. The molecule has 0 aliphatic heterocycles. The Morgan fingerprint density at radius 1 is 1.07 bits per heavy atom. The molecule has 0 radical (unpaired) electrons. The van der Waals surface area contributed by atoms with Crippen LogP contribution in [0.3, 0.4) is 0 Å². The molecule has 0 spiro atoms. The fourth-order valence-corrected chi connectivity index (χ4v) is 3.91. The van der Waals surface area contributed by atoms with Crippen molar-refractivity contribution >= 4 is 29.1 Å². The van der Waals surface area contributed by atoms with Crippen LogP contribution in [0.25, 0.3) is 5.78 Å². The maximum Gasteiger partial charge on any atom is 0.252 e. The maximum atomic E-state index is 10.0. The molecule has 0 atom stereocenters. The van der Waals surface area contributed by atoms with Crippen LogP contribution in [0, 0.1) is 6.92 Å². The van der Waals surface area contributed by atoms with E-state index in [0.29, 0.717) is 23.0 Å². The molecule has 2 aromatic carbocycles. The number of phenols is 1. The molecule has 7 heteroatoms. The van der Waals surface area contributed by atoms with Gasteiger partial charge in [0.05, 0.1) is 15.6 Å². The van der Waals surface area contributed by atoms with E-state index in [4.69, 9.17) is 11.6 Å². The summed E-state index contributed by atoms with van der Waals surface area (Å²) >= 11 is 7.45. The summed E-state index contributed by atoms with van der Waals surface area (Å²) in [6, 6.07) is 17.4. The van der Waals surface area contributed by atoms with Crippen molar-refractivity contribution in [2.75, 3.05) is 0 Å². The average Bonchev–Trinajstić information content (AvgIpc) is 3.07. The standard InChI is InChI=1S/C20H17ClN4OS/c1-13-10-15(12-27-17-9-5-8-16(21)19(17)26)22-20-23-18(24-25(13)20)11-14-6-3-2-4-7-14/h2-10,26H,11-12H2,1H3. The number of phenolic OH excluding ortho intramolecular Hbond substituents is 1. The van der Waals surface area contributed by atoms with Crippen LogP contribution < -0.4 is 0 Å². The number of halogens is 1. The lowest BCUT2D eigenvalue weighted by atomic mass is 10.1. The van der Waals surface area contributed by atoms with Gasteiger partial charge in [0.1, 0.15) is 5.75 Å². The minimum Gasteiger partial charge on any atom is -0.505 e. The fraction of sp³-hybridized carbons (Fsp3) is 0.150. The molecule has 2 heterocycles. The summed E-state index contributed by atoms with van der Waals surface area (Å²) in [6.07, 6.45) is 0.671. The lowest BCUT2D eigenvalue weighted by Gasteiger charge is -2.06. The van der Waals surface area contributed by atoms with E-state index in [1.54, 1.807) is 10.6 Å². The van der Waals surface area contributed by atoms with Crippen molar-refractivity contribution in [3.63, 3.8) is 0 Å². The summed E-state index contributed by atoms with van der Waals surface area (Å²) in [4.78, 5) is 9.93. The number of aromatic nitrogens is 4. The zero-order chi connectivity index (χ0) is 18.8. The number of aryl methyl sites for hydroxylation is 1. The SMILES string of the molecule is Cc1cc(CSc2cccc(Cl)c2O)nc2nc(Cc3ccccc3)nn12. The van der Waals surface area contributed by atoms with Gasteiger partial charge in [-0.25, -0.2) is 9.50 Å². The summed E-state index contributed by atoms with van der Waals surface area (Å²) in [5, 5.41) is 15.0. The monoisotopic (exact) mass is 396 g/mol. The van der Waals surface area contributed by atoms with Gasteiger partial charge in [0, 0.05) is 17.9 Å². The molecule has 4 rings (SSSR count). The molecule has 0 unspecified atom stereocenters. The summed E-state index contributed by atoms with van der Waals surface area (Å²) in [7, 11) is 0. The summed E-state index contributed by atoms with van der Waals surface area (Å²) < 4.78 is 1.77. The summed E-state index contributed by atoms with van der Waals surface area (Å²) in [5.74, 6) is 2.04. The average molecular weight is 397 g/mol. The Labute approximate surface area is 166 Å². The predicted molar refractivity (Wildman–Crippen MR) is 107 cm³/mol. The lowest BCUT2D eigenvalue weighted by molar-refractivity contribution is 0.463. The van der Waals surface area contributed by atoms with Gasteiger partial charge in [0.2, 0.25) is 0 Å². The molecule has 4 aromatic rings. The van der Waals surface area contributed by atoms with Crippen molar-refractivity contribution in [3.05, 3.63) is 82.4 Å². The molecule has 27 heavy (non-hydrogen) atoms. The second kappa shape index (κ2) is 7.58. The Hall–Kier alpha value is -2.57. The third-order valence-corrected chi connectivity index (χ3v) is 5.50. The zero-order valence-corrected chi connectivity index (χ0v) is 16.2. The highest BCUT2D eigenvalue weighted by Crippen LogP contribution is 2.35. The number of para-hydroxylation sites is 1. The van der Waals surface area contributed by atoms with Crippen molar-refractivity contribution in [2.45, 2.75) is 24.0 Å². The number of thioether (sulfide) groups is 1. The molecule has 5 nitrogen and oxygen atoms in total. The molecule has 0 saturated heterocycles. The van der Waals surface area contributed by atoms with Crippen LogP contribution in [0.2, 0.25) is 5.02 Å². The quantitative estimate of drug-likeness (QED) is 0.496. The first-order valence-electron chi connectivity index (χ1n) is 8.46. The third-order valence-electron chi connectivity index (χ3n) is 4.12. The number of hydrogen-bond acceptors (Lipinski definition) is 5. The van der Waals surface area contributed by atoms with Gasteiger partial charge in [-0.1, -0.05) is 48.0 Å². The smallest absolute Gasteiger partial charge is 0.252 e. The van der Waals surface area contributed by atoms with Gasteiger partial charge >= 0.3 is 0 Å². The number of benzene rings is 2. The zero-order valence-electron chi connectivity index (χ0n) is 14.6. The Bertz CT molecular complexity index is 1100. The van der Waals surface area contributed by atoms with Crippen molar-refractivity contribution in [1.29, 1.82) is 0 Å². The van der Waals surface area contributed by atoms with E-state index in [0.717, 1.165) is 22.1 Å². The summed E-state index contributed by atoms with van der Waals surface area (Å²) in [6.45, 7) is 1.99. The molecule has 0 aliphatic rings. The van der Waals surface area contributed by atoms with Crippen LogP contribution in [0.1, 0.15) is 22.8 Å². The van der Waals surface area contributed by atoms with Crippen LogP contribution in [0.5, 0.6) is 5.75 Å². The number of nitrogens with zero attached hydrogens (tertiary/aromatic N) is 4. The molecule has 1 N–H and O–H groups in total. The van der Waals surface area contributed by atoms with E-state index in [2.05, 4.69) is 27.2 Å². The molecule has 0 amide bonds. The van der Waals surface area contributed by atoms with E-state index < -0.39 is 0 Å². The normalized spacial score (nSPS) is 11.2. The van der Waals surface area contributed by atoms with Crippen molar-refractivity contribution in [3.8, 4) is 5.75 Å². The second-order valence-electron chi connectivity index (χ2n) is 6.17. The largest absolute Gasteiger partial charge is 0.505 e. The molecule has 0 aliphatic carbocycles.